The van der Waals surface area contributed by atoms with Gasteiger partial charge in [0.05, 0.1) is 0 Å². The summed E-state index contributed by atoms with van der Waals surface area (Å²) in [4.78, 5) is 23.5. The van der Waals surface area contributed by atoms with Gasteiger partial charge in [0.1, 0.15) is 11.2 Å². The van der Waals surface area contributed by atoms with Gasteiger partial charge in [-0.1, -0.05) is 48.5 Å². The lowest BCUT2D eigenvalue weighted by atomic mass is 10.0. The van der Waals surface area contributed by atoms with Crippen LogP contribution in [-0.4, -0.2) is 23.1 Å². The van der Waals surface area contributed by atoms with Gasteiger partial charge >= 0.3 is 11.9 Å². The molecule has 0 spiro atoms. The van der Waals surface area contributed by atoms with Crippen LogP contribution in [0.4, 0.5) is 0 Å². The largest absolute Gasteiger partial charge is 0.457 e. The maximum absolute atomic E-state index is 11.8. The van der Waals surface area contributed by atoms with Crippen LogP contribution >= 0.6 is 0 Å². The summed E-state index contributed by atoms with van der Waals surface area (Å²) in [6.45, 7) is 11.0. The van der Waals surface area contributed by atoms with E-state index in [9.17, 15) is 9.59 Å². The van der Waals surface area contributed by atoms with Gasteiger partial charge in [0.25, 0.3) is 0 Å². The Morgan fingerprint density at radius 3 is 1.17 bits per heavy atom. The van der Waals surface area contributed by atoms with Gasteiger partial charge in [-0.15, -0.1) is 0 Å². The molecule has 0 unspecified atom stereocenters. The number of ether oxygens (including phenoxy) is 2. The van der Waals surface area contributed by atoms with Gasteiger partial charge in [-0.05, 0) is 75.9 Å². The van der Waals surface area contributed by atoms with Gasteiger partial charge < -0.3 is 9.47 Å². The summed E-state index contributed by atoms with van der Waals surface area (Å²) < 4.78 is 10.5. The van der Waals surface area contributed by atoms with E-state index in [0.717, 1.165) is 22.3 Å². The predicted molar refractivity (Wildman–Crippen MR) is 122 cm³/mol. The summed E-state index contributed by atoms with van der Waals surface area (Å²) in [5.41, 5.74) is 2.96. The Bertz CT molecular complexity index is 839. The molecule has 0 amide bonds. The number of benzene rings is 2. The Hall–Kier alpha value is -3.14. The second-order valence-corrected chi connectivity index (χ2v) is 8.98. The van der Waals surface area contributed by atoms with Gasteiger partial charge in [0.15, 0.2) is 0 Å². The van der Waals surface area contributed by atoms with Crippen LogP contribution in [0.5, 0.6) is 0 Å². The second-order valence-electron chi connectivity index (χ2n) is 8.98. The zero-order valence-corrected chi connectivity index (χ0v) is 18.6. The van der Waals surface area contributed by atoms with Crippen molar-refractivity contribution in [3.8, 4) is 11.1 Å². The molecule has 0 fully saturated rings. The van der Waals surface area contributed by atoms with E-state index < -0.39 is 11.2 Å². The summed E-state index contributed by atoms with van der Waals surface area (Å²) >= 11 is 0. The van der Waals surface area contributed by atoms with Gasteiger partial charge in [-0.2, -0.15) is 0 Å². The molecule has 0 heterocycles. The molecule has 158 valence electrons. The lowest BCUT2D eigenvalue weighted by molar-refractivity contribution is -0.149. The van der Waals surface area contributed by atoms with Gasteiger partial charge in [0.2, 0.25) is 0 Å². The van der Waals surface area contributed by atoms with Crippen molar-refractivity contribution in [1.82, 2.24) is 0 Å². The van der Waals surface area contributed by atoms with Crippen molar-refractivity contribution >= 4 is 24.1 Å². The molecule has 0 aromatic heterocycles. The van der Waals surface area contributed by atoms with E-state index in [0.29, 0.717) is 0 Å². The van der Waals surface area contributed by atoms with E-state index in [4.69, 9.17) is 9.47 Å². The number of hydrogen-bond donors (Lipinski definition) is 0. The highest BCUT2D eigenvalue weighted by atomic mass is 16.6. The lowest BCUT2D eigenvalue weighted by Gasteiger charge is -2.17. The molecule has 0 radical (unpaired) electrons. The standard InChI is InChI=1S/C26H30O4/c1-25(2,3)29-23(27)17-11-19-7-13-21(14-8-19)22-15-9-20(10-16-22)12-18-24(28)30-26(4,5)6/h7-18H,1-6H3. The van der Waals surface area contributed by atoms with Crippen molar-refractivity contribution in [2.75, 3.05) is 0 Å². The van der Waals surface area contributed by atoms with Crippen LogP contribution in [0.3, 0.4) is 0 Å². The minimum Gasteiger partial charge on any atom is -0.457 e. The summed E-state index contributed by atoms with van der Waals surface area (Å²) in [6.07, 6.45) is 6.35. The van der Waals surface area contributed by atoms with Crippen LogP contribution in [0.15, 0.2) is 60.7 Å². The molecule has 4 nitrogen and oxygen atoms in total. The van der Waals surface area contributed by atoms with E-state index in [1.807, 2.05) is 90.1 Å². The maximum atomic E-state index is 11.8. The van der Waals surface area contributed by atoms with Crippen LogP contribution in [0, 0.1) is 0 Å². The van der Waals surface area contributed by atoms with Gasteiger partial charge in [-0.25, -0.2) is 9.59 Å². The highest BCUT2D eigenvalue weighted by Gasteiger charge is 2.14. The molecule has 0 aliphatic rings. The predicted octanol–water partition coefficient (Wildman–Crippen LogP) is 6.06. The highest BCUT2D eigenvalue weighted by Crippen LogP contribution is 2.21. The van der Waals surface area contributed by atoms with Crippen molar-refractivity contribution in [3.63, 3.8) is 0 Å². The van der Waals surface area contributed by atoms with E-state index in [1.165, 1.54) is 12.2 Å². The number of carbonyl (C=O) groups excluding carboxylic acids is 2. The fourth-order valence-corrected chi connectivity index (χ4v) is 2.57. The third-order valence-electron chi connectivity index (χ3n) is 3.79. The normalized spacial score (nSPS) is 12.3. The fraction of sp³-hybridized carbons (Fsp3) is 0.308. The molecule has 0 bridgehead atoms. The molecule has 0 aliphatic carbocycles. The monoisotopic (exact) mass is 406 g/mol. The molecule has 0 N–H and O–H groups in total. The Kier molecular flexibility index (Phi) is 7.38. The second kappa shape index (κ2) is 9.57. The molecule has 0 saturated carbocycles. The molecule has 0 atom stereocenters. The van der Waals surface area contributed by atoms with Crippen LogP contribution in [0.1, 0.15) is 52.7 Å². The van der Waals surface area contributed by atoms with E-state index in [2.05, 4.69) is 0 Å². The minimum atomic E-state index is -0.500. The fourth-order valence-electron chi connectivity index (χ4n) is 2.57. The van der Waals surface area contributed by atoms with Crippen LogP contribution in [0.2, 0.25) is 0 Å². The Labute approximate surface area is 179 Å². The molecule has 0 aliphatic heterocycles. The average Bonchev–Trinajstić information content (AvgIpc) is 2.63. The summed E-state index contributed by atoms with van der Waals surface area (Å²) in [6, 6.07) is 15.8. The molecule has 2 aromatic rings. The first kappa shape index (κ1) is 23.1. The Morgan fingerprint density at radius 2 is 0.900 bits per heavy atom. The average molecular weight is 407 g/mol. The number of carbonyl (C=O) groups is 2. The van der Waals surface area contributed by atoms with Crippen molar-refractivity contribution in [1.29, 1.82) is 0 Å². The number of esters is 2. The Morgan fingerprint density at radius 1 is 0.600 bits per heavy atom. The van der Waals surface area contributed by atoms with E-state index >= 15 is 0 Å². The zero-order valence-electron chi connectivity index (χ0n) is 18.6. The lowest BCUT2D eigenvalue weighted by Crippen LogP contribution is -2.22. The molecular formula is C26H30O4. The zero-order chi connectivity index (χ0) is 22.4. The summed E-state index contributed by atoms with van der Waals surface area (Å²) in [5, 5.41) is 0. The first-order chi connectivity index (χ1) is 13.9. The third kappa shape index (κ3) is 8.48. The number of rotatable bonds is 5. The van der Waals surface area contributed by atoms with Crippen molar-refractivity contribution in [3.05, 3.63) is 71.8 Å². The SMILES string of the molecule is CC(C)(C)OC(=O)C=Cc1ccc(-c2ccc(C=CC(=O)OC(C)(C)C)cc2)cc1. The quantitative estimate of drug-likeness (QED) is 0.447. The first-order valence-electron chi connectivity index (χ1n) is 9.94. The molecule has 30 heavy (non-hydrogen) atoms. The molecule has 0 saturated heterocycles. The van der Waals surface area contributed by atoms with Crippen molar-refractivity contribution in [2.24, 2.45) is 0 Å². The van der Waals surface area contributed by atoms with Gasteiger partial charge in [-0.3, -0.25) is 0 Å². The third-order valence-corrected chi connectivity index (χ3v) is 3.79. The van der Waals surface area contributed by atoms with E-state index in [-0.39, 0.29) is 11.9 Å². The smallest absolute Gasteiger partial charge is 0.331 e. The van der Waals surface area contributed by atoms with Crippen molar-refractivity contribution in [2.45, 2.75) is 52.7 Å². The molecule has 4 heteroatoms. The molecule has 2 aromatic carbocycles. The molecular weight excluding hydrogens is 376 g/mol. The van der Waals surface area contributed by atoms with E-state index in [1.54, 1.807) is 12.2 Å². The first-order valence-corrected chi connectivity index (χ1v) is 9.94. The molecule has 2 rings (SSSR count). The van der Waals surface area contributed by atoms with Crippen LogP contribution in [-0.2, 0) is 19.1 Å². The van der Waals surface area contributed by atoms with Gasteiger partial charge in [0, 0.05) is 12.2 Å². The summed E-state index contributed by atoms with van der Waals surface area (Å²) in [7, 11) is 0. The maximum Gasteiger partial charge on any atom is 0.331 e. The summed E-state index contributed by atoms with van der Waals surface area (Å²) in [5.74, 6) is -0.719. The van der Waals surface area contributed by atoms with Crippen LogP contribution < -0.4 is 0 Å². The highest BCUT2D eigenvalue weighted by molar-refractivity contribution is 5.88. The Balaban J connectivity index is 2.00. The number of hydrogen-bond acceptors (Lipinski definition) is 4. The van der Waals surface area contributed by atoms with Crippen LogP contribution in [0.25, 0.3) is 23.3 Å². The minimum absolute atomic E-state index is 0.360. The van der Waals surface area contributed by atoms with Crippen molar-refractivity contribution < 1.29 is 19.1 Å². The topological polar surface area (TPSA) is 52.6 Å².